The van der Waals surface area contributed by atoms with Crippen molar-refractivity contribution in [3.63, 3.8) is 0 Å². The molecule has 0 spiro atoms. The van der Waals surface area contributed by atoms with Gasteiger partial charge in [0.2, 0.25) is 0 Å². The van der Waals surface area contributed by atoms with E-state index < -0.39 is 0 Å². The number of fused-ring (bicyclic) bond motifs is 7. The molecule has 0 N–H and O–H groups in total. The first-order chi connectivity index (χ1) is 13.8. The van der Waals surface area contributed by atoms with Crippen LogP contribution in [0.2, 0.25) is 0 Å². The summed E-state index contributed by atoms with van der Waals surface area (Å²) < 4.78 is 7.54. The lowest BCUT2D eigenvalue weighted by Crippen LogP contribution is -1.82. The zero-order chi connectivity index (χ0) is 18.7. The van der Waals surface area contributed by atoms with Crippen LogP contribution < -0.4 is 0 Å². The fourth-order valence-electron chi connectivity index (χ4n) is 4.26. The van der Waals surface area contributed by atoms with Crippen molar-refractivity contribution >= 4 is 59.4 Å². The van der Waals surface area contributed by atoms with Gasteiger partial charge in [0.25, 0.3) is 0 Å². The third kappa shape index (κ3) is 2.25. The van der Waals surface area contributed by atoms with Crippen LogP contribution >= 0.6 is 15.9 Å². The number of rotatable bonds is 1. The molecule has 6 aromatic rings. The van der Waals surface area contributed by atoms with Gasteiger partial charge in [-0.05, 0) is 51.4 Å². The predicted molar refractivity (Wildman–Crippen MR) is 122 cm³/mol. The van der Waals surface area contributed by atoms with Crippen LogP contribution in [0.5, 0.6) is 0 Å². The van der Waals surface area contributed by atoms with Gasteiger partial charge in [-0.2, -0.15) is 0 Å². The van der Waals surface area contributed by atoms with Gasteiger partial charge in [-0.1, -0.05) is 82.7 Å². The standard InChI is InChI=1S/C26H15BrO/c27-19-9-5-8-17(14-19)22-15-18-7-2-4-11-21(18)25-24-20-10-3-1-6-16(20)12-13-23(24)28-26(22)25/h1-15H. The van der Waals surface area contributed by atoms with Crippen LogP contribution in [0.15, 0.2) is 99.9 Å². The molecular formula is C26H15BrO. The SMILES string of the molecule is Brc1cccc(-c2cc3ccccc3c3c2oc2ccc4ccccc4c23)c1. The van der Waals surface area contributed by atoms with Gasteiger partial charge in [0.15, 0.2) is 0 Å². The minimum Gasteiger partial charge on any atom is -0.455 e. The van der Waals surface area contributed by atoms with E-state index in [0.29, 0.717) is 0 Å². The van der Waals surface area contributed by atoms with Crippen molar-refractivity contribution in [1.82, 2.24) is 0 Å². The zero-order valence-electron chi connectivity index (χ0n) is 14.9. The van der Waals surface area contributed by atoms with E-state index >= 15 is 0 Å². The van der Waals surface area contributed by atoms with Crippen molar-refractivity contribution in [1.29, 1.82) is 0 Å². The number of halogens is 1. The summed E-state index contributed by atoms with van der Waals surface area (Å²) in [5, 5.41) is 7.30. The number of hydrogen-bond acceptors (Lipinski definition) is 1. The normalized spacial score (nSPS) is 11.8. The van der Waals surface area contributed by atoms with Crippen LogP contribution in [0.25, 0.3) is 54.6 Å². The highest BCUT2D eigenvalue weighted by atomic mass is 79.9. The highest BCUT2D eigenvalue weighted by Crippen LogP contribution is 2.43. The fourth-order valence-corrected chi connectivity index (χ4v) is 4.66. The van der Waals surface area contributed by atoms with E-state index in [1.54, 1.807) is 0 Å². The van der Waals surface area contributed by atoms with Crippen molar-refractivity contribution in [2.45, 2.75) is 0 Å². The first-order valence-electron chi connectivity index (χ1n) is 9.31. The summed E-state index contributed by atoms with van der Waals surface area (Å²) in [5.41, 5.74) is 4.15. The van der Waals surface area contributed by atoms with Crippen molar-refractivity contribution in [3.8, 4) is 11.1 Å². The monoisotopic (exact) mass is 422 g/mol. The predicted octanol–water partition coefficient (Wildman–Crippen LogP) is 8.32. The summed E-state index contributed by atoms with van der Waals surface area (Å²) in [7, 11) is 0. The van der Waals surface area contributed by atoms with Crippen LogP contribution in [0.3, 0.4) is 0 Å². The molecule has 2 heteroatoms. The molecule has 0 radical (unpaired) electrons. The number of benzene rings is 5. The zero-order valence-corrected chi connectivity index (χ0v) is 16.5. The van der Waals surface area contributed by atoms with Crippen LogP contribution in [-0.4, -0.2) is 0 Å². The lowest BCUT2D eigenvalue weighted by atomic mass is 9.95. The Kier molecular flexibility index (Phi) is 3.38. The molecule has 5 aromatic carbocycles. The third-order valence-electron chi connectivity index (χ3n) is 5.49. The summed E-state index contributed by atoms with van der Waals surface area (Å²) >= 11 is 3.61. The van der Waals surface area contributed by atoms with Gasteiger partial charge in [-0.3, -0.25) is 0 Å². The molecule has 1 heterocycles. The Bertz CT molecular complexity index is 1520. The Labute approximate surface area is 170 Å². The molecule has 132 valence electrons. The Morgan fingerprint density at radius 1 is 0.607 bits per heavy atom. The highest BCUT2D eigenvalue weighted by molar-refractivity contribution is 9.10. The van der Waals surface area contributed by atoms with Crippen molar-refractivity contribution < 1.29 is 4.42 Å². The van der Waals surface area contributed by atoms with E-state index in [-0.39, 0.29) is 0 Å². The summed E-state index contributed by atoms with van der Waals surface area (Å²) in [6, 6.07) is 32.0. The van der Waals surface area contributed by atoms with Gasteiger partial charge >= 0.3 is 0 Å². The van der Waals surface area contributed by atoms with Crippen molar-refractivity contribution in [2.75, 3.05) is 0 Å². The second-order valence-corrected chi connectivity index (χ2v) is 8.04. The Balaban J connectivity index is 1.90. The molecule has 6 rings (SSSR count). The minimum atomic E-state index is 0.932. The molecule has 1 nitrogen and oxygen atoms in total. The third-order valence-corrected chi connectivity index (χ3v) is 5.98. The van der Waals surface area contributed by atoms with Crippen LogP contribution in [0.4, 0.5) is 0 Å². The molecule has 0 saturated heterocycles. The summed E-state index contributed by atoms with van der Waals surface area (Å²) in [4.78, 5) is 0. The molecule has 0 aliphatic rings. The summed E-state index contributed by atoms with van der Waals surface area (Å²) in [6.07, 6.45) is 0. The van der Waals surface area contributed by atoms with Crippen molar-refractivity contribution in [3.05, 3.63) is 95.5 Å². The smallest absolute Gasteiger partial charge is 0.143 e. The molecule has 0 atom stereocenters. The molecule has 28 heavy (non-hydrogen) atoms. The Morgan fingerprint density at radius 2 is 1.36 bits per heavy atom. The maximum Gasteiger partial charge on any atom is 0.143 e. The molecule has 0 bridgehead atoms. The first kappa shape index (κ1) is 15.9. The van der Waals surface area contributed by atoms with Crippen LogP contribution in [0.1, 0.15) is 0 Å². The van der Waals surface area contributed by atoms with Crippen LogP contribution in [-0.2, 0) is 0 Å². The molecule has 0 saturated carbocycles. The Hall–Kier alpha value is -3.10. The van der Waals surface area contributed by atoms with E-state index in [1.165, 1.54) is 32.3 Å². The van der Waals surface area contributed by atoms with Gasteiger partial charge in [0, 0.05) is 20.8 Å². The molecule has 1 aromatic heterocycles. The number of furan rings is 1. The molecule has 0 aliphatic heterocycles. The lowest BCUT2D eigenvalue weighted by molar-refractivity contribution is 0.670. The van der Waals surface area contributed by atoms with E-state index in [4.69, 9.17) is 4.42 Å². The summed E-state index contributed by atoms with van der Waals surface area (Å²) in [5.74, 6) is 0. The maximum absolute atomic E-state index is 6.48. The first-order valence-corrected chi connectivity index (χ1v) is 10.1. The molecule has 0 unspecified atom stereocenters. The Morgan fingerprint density at radius 3 is 2.18 bits per heavy atom. The average molecular weight is 423 g/mol. The fraction of sp³-hybridized carbons (Fsp3) is 0. The highest BCUT2D eigenvalue weighted by Gasteiger charge is 2.17. The van der Waals surface area contributed by atoms with E-state index in [9.17, 15) is 0 Å². The molecule has 0 fully saturated rings. The molecule has 0 aliphatic carbocycles. The van der Waals surface area contributed by atoms with Crippen LogP contribution in [0, 0.1) is 0 Å². The van der Waals surface area contributed by atoms with Gasteiger partial charge in [0.1, 0.15) is 11.2 Å². The van der Waals surface area contributed by atoms with Gasteiger partial charge in [-0.25, -0.2) is 0 Å². The van der Waals surface area contributed by atoms with Gasteiger partial charge in [0.05, 0.1) is 0 Å². The second-order valence-electron chi connectivity index (χ2n) is 7.12. The average Bonchev–Trinajstić information content (AvgIpc) is 3.13. The number of hydrogen-bond donors (Lipinski definition) is 0. The van der Waals surface area contributed by atoms with E-state index in [2.05, 4.69) is 101 Å². The van der Waals surface area contributed by atoms with Gasteiger partial charge in [-0.15, -0.1) is 0 Å². The molecule has 0 amide bonds. The minimum absolute atomic E-state index is 0.932. The second kappa shape index (κ2) is 5.95. The maximum atomic E-state index is 6.48. The van der Waals surface area contributed by atoms with E-state index in [0.717, 1.165) is 26.8 Å². The summed E-state index contributed by atoms with van der Waals surface area (Å²) in [6.45, 7) is 0. The van der Waals surface area contributed by atoms with E-state index in [1.807, 2.05) is 6.07 Å². The largest absolute Gasteiger partial charge is 0.455 e. The quantitative estimate of drug-likeness (QED) is 0.259. The van der Waals surface area contributed by atoms with Gasteiger partial charge < -0.3 is 4.42 Å². The molecular weight excluding hydrogens is 408 g/mol. The lowest BCUT2D eigenvalue weighted by Gasteiger charge is -2.08. The van der Waals surface area contributed by atoms with Crippen molar-refractivity contribution in [2.24, 2.45) is 0 Å². The topological polar surface area (TPSA) is 13.1 Å².